The van der Waals surface area contributed by atoms with Gasteiger partial charge in [0.2, 0.25) is 5.91 Å². The molecule has 0 radical (unpaired) electrons. The number of piperidine rings is 2. The molecule has 0 aromatic rings. The number of halogens is 1. The van der Waals surface area contributed by atoms with Crippen LogP contribution < -0.4 is 5.32 Å². The van der Waals surface area contributed by atoms with Gasteiger partial charge in [0.05, 0.1) is 0 Å². The first-order chi connectivity index (χ1) is 9.22. The van der Waals surface area contributed by atoms with E-state index in [0.717, 1.165) is 32.5 Å². The van der Waals surface area contributed by atoms with Gasteiger partial charge < -0.3 is 10.2 Å². The van der Waals surface area contributed by atoms with E-state index in [4.69, 9.17) is 0 Å². The van der Waals surface area contributed by atoms with E-state index < -0.39 is 0 Å². The molecule has 2 rings (SSSR count). The van der Waals surface area contributed by atoms with Crippen LogP contribution in [0.15, 0.2) is 0 Å². The molecule has 0 aliphatic carbocycles. The third kappa shape index (κ3) is 4.63. The fourth-order valence-electron chi connectivity index (χ4n) is 3.68. The highest BCUT2D eigenvalue weighted by atomic mass is 35.5. The zero-order valence-electron chi connectivity index (χ0n) is 13.1. The highest BCUT2D eigenvalue weighted by Gasteiger charge is 2.28. The lowest BCUT2D eigenvalue weighted by atomic mass is 9.85. The Balaban J connectivity index is 0.00000200. The van der Waals surface area contributed by atoms with Gasteiger partial charge in [-0.25, -0.2) is 0 Å². The average Bonchev–Trinajstić information content (AvgIpc) is 2.48. The normalized spacial score (nSPS) is 28.6. The molecule has 2 fully saturated rings. The van der Waals surface area contributed by atoms with E-state index in [9.17, 15) is 4.79 Å². The summed E-state index contributed by atoms with van der Waals surface area (Å²) in [5.74, 6) is 1.63. The summed E-state index contributed by atoms with van der Waals surface area (Å²) in [7, 11) is 0. The first-order valence-corrected chi connectivity index (χ1v) is 8.22. The van der Waals surface area contributed by atoms with Crippen LogP contribution in [0.3, 0.4) is 0 Å². The van der Waals surface area contributed by atoms with E-state index in [-0.39, 0.29) is 12.4 Å². The largest absolute Gasteiger partial charge is 0.340 e. The third-order valence-electron chi connectivity index (χ3n) is 5.06. The molecule has 0 saturated carbocycles. The minimum absolute atomic E-state index is 0. The average molecular weight is 303 g/mol. The molecule has 0 aromatic carbocycles. The Bertz CT molecular complexity index is 292. The predicted octanol–water partition coefficient (Wildman–Crippen LogP) is 3.23. The number of amides is 1. The number of nitrogens with one attached hydrogen (secondary N) is 1. The Kier molecular flexibility index (Phi) is 7.90. The van der Waals surface area contributed by atoms with Crippen LogP contribution in [0.25, 0.3) is 0 Å². The molecule has 4 heteroatoms. The molecule has 2 aliphatic heterocycles. The zero-order chi connectivity index (χ0) is 13.7. The lowest BCUT2D eigenvalue weighted by molar-refractivity contribution is -0.136. The van der Waals surface area contributed by atoms with Crippen molar-refractivity contribution in [1.29, 1.82) is 0 Å². The molecule has 20 heavy (non-hydrogen) atoms. The Morgan fingerprint density at radius 2 is 2.10 bits per heavy atom. The number of hydrogen-bond acceptors (Lipinski definition) is 2. The molecule has 1 N–H and O–H groups in total. The quantitative estimate of drug-likeness (QED) is 0.865. The van der Waals surface area contributed by atoms with Crippen molar-refractivity contribution >= 4 is 18.3 Å². The zero-order valence-corrected chi connectivity index (χ0v) is 13.9. The van der Waals surface area contributed by atoms with Gasteiger partial charge in [0.1, 0.15) is 0 Å². The lowest BCUT2D eigenvalue weighted by Gasteiger charge is -2.37. The molecule has 2 aliphatic rings. The van der Waals surface area contributed by atoms with Gasteiger partial charge in [0.25, 0.3) is 0 Å². The summed E-state index contributed by atoms with van der Waals surface area (Å²) >= 11 is 0. The fraction of sp³-hybridized carbons (Fsp3) is 0.938. The lowest BCUT2D eigenvalue weighted by Crippen LogP contribution is -2.44. The monoisotopic (exact) mass is 302 g/mol. The summed E-state index contributed by atoms with van der Waals surface area (Å²) in [5, 5.41) is 3.46. The van der Waals surface area contributed by atoms with Crippen molar-refractivity contribution in [3.8, 4) is 0 Å². The van der Waals surface area contributed by atoms with E-state index in [0.29, 0.717) is 23.8 Å². The van der Waals surface area contributed by atoms with Gasteiger partial charge in [0, 0.05) is 19.0 Å². The molecule has 3 atom stereocenters. The van der Waals surface area contributed by atoms with Crippen LogP contribution in [0.2, 0.25) is 0 Å². The number of hydrogen-bond donors (Lipinski definition) is 1. The molecule has 0 aromatic heterocycles. The Morgan fingerprint density at radius 3 is 2.75 bits per heavy atom. The molecule has 118 valence electrons. The van der Waals surface area contributed by atoms with Crippen LogP contribution in [0, 0.1) is 11.8 Å². The molecule has 3 unspecified atom stereocenters. The Morgan fingerprint density at radius 1 is 1.30 bits per heavy atom. The van der Waals surface area contributed by atoms with Crippen molar-refractivity contribution in [2.75, 3.05) is 19.6 Å². The summed E-state index contributed by atoms with van der Waals surface area (Å²) in [6, 6.07) is 0.512. The van der Waals surface area contributed by atoms with E-state index in [1.54, 1.807) is 0 Å². The second kappa shape index (κ2) is 8.89. The summed E-state index contributed by atoms with van der Waals surface area (Å²) in [6.45, 7) is 7.73. The summed E-state index contributed by atoms with van der Waals surface area (Å²) in [6.07, 6.45) is 8.13. The SMILES string of the molecule is CCC1CCCCN1C(=O)CC(C)C1CCCNC1.Cl. The Labute approximate surface area is 130 Å². The molecular formula is C16H31ClN2O. The van der Waals surface area contributed by atoms with Crippen molar-refractivity contribution in [3.05, 3.63) is 0 Å². The van der Waals surface area contributed by atoms with Crippen LogP contribution in [0.4, 0.5) is 0 Å². The van der Waals surface area contributed by atoms with Gasteiger partial charge >= 0.3 is 0 Å². The first-order valence-electron chi connectivity index (χ1n) is 8.22. The summed E-state index contributed by atoms with van der Waals surface area (Å²) < 4.78 is 0. The van der Waals surface area contributed by atoms with Crippen LogP contribution in [-0.4, -0.2) is 36.5 Å². The number of carbonyl (C=O) groups excluding carboxylic acids is 1. The Hall–Kier alpha value is -0.280. The molecule has 2 saturated heterocycles. The molecule has 2 heterocycles. The van der Waals surface area contributed by atoms with Crippen LogP contribution in [0.5, 0.6) is 0 Å². The van der Waals surface area contributed by atoms with Crippen molar-refractivity contribution < 1.29 is 4.79 Å². The molecule has 0 spiro atoms. The smallest absolute Gasteiger partial charge is 0.223 e. The highest BCUT2D eigenvalue weighted by molar-refractivity contribution is 5.85. The minimum Gasteiger partial charge on any atom is -0.340 e. The summed E-state index contributed by atoms with van der Waals surface area (Å²) in [4.78, 5) is 14.7. The maximum absolute atomic E-state index is 12.5. The second-order valence-electron chi connectivity index (χ2n) is 6.43. The second-order valence-corrected chi connectivity index (χ2v) is 6.43. The molecule has 0 bridgehead atoms. The number of nitrogens with zero attached hydrogens (tertiary/aromatic N) is 1. The van der Waals surface area contributed by atoms with E-state index >= 15 is 0 Å². The number of likely N-dealkylation sites (tertiary alicyclic amines) is 1. The fourth-order valence-corrected chi connectivity index (χ4v) is 3.68. The van der Waals surface area contributed by atoms with E-state index in [2.05, 4.69) is 24.1 Å². The predicted molar refractivity (Wildman–Crippen MR) is 86.3 cm³/mol. The van der Waals surface area contributed by atoms with Crippen molar-refractivity contribution in [2.24, 2.45) is 11.8 Å². The summed E-state index contributed by atoms with van der Waals surface area (Å²) in [5.41, 5.74) is 0. The van der Waals surface area contributed by atoms with Crippen molar-refractivity contribution in [3.63, 3.8) is 0 Å². The van der Waals surface area contributed by atoms with Crippen LogP contribution in [0.1, 0.15) is 58.8 Å². The van der Waals surface area contributed by atoms with Crippen LogP contribution in [-0.2, 0) is 4.79 Å². The van der Waals surface area contributed by atoms with Crippen molar-refractivity contribution in [1.82, 2.24) is 10.2 Å². The maximum atomic E-state index is 12.5. The minimum atomic E-state index is 0. The van der Waals surface area contributed by atoms with Crippen LogP contribution >= 0.6 is 12.4 Å². The van der Waals surface area contributed by atoms with Gasteiger partial charge in [0.15, 0.2) is 0 Å². The third-order valence-corrected chi connectivity index (χ3v) is 5.06. The maximum Gasteiger partial charge on any atom is 0.223 e. The molecule has 3 nitrogen and oxygen atoms in total. The first kappa shape index (κ1) is 17.8. The van der Waals surface area contributed by atoms with Gasteiger partial charge in [-0.15, -0.1) is 12.4 Å². The number of carbonyl (C=O) groups is 1. The standard InChI is InChI=1S/C16H30N2O.ClH/c1-3-15-8-4-5-10-18(15)16(19)11-13(2)14-7-6-9-17-12-14;/h13-15,17H,3-12H2,1-2H3;1H. The van der Waals surface area contributed by atoms with Gasteiger partial charge in [-0.2, -0.15) is 0 Å². The van der Waals surface area contributed by atoms with E-state index in [1.807, 2.05) is 0 Å². The highest BCUT2D eigenvalue weighted by Crippen LogP contribution is 2.26. The topological polar surface area (TPSA) is 32.3 Å². The van der Waals surface area contributed by atoms with E-state index in [1.165, 1.54) is 32.1 Å². The van der Waals surface area contributed by atoms with Gasteiger partial charge in [-0.05, 0) is 63.5 Å². The van der Waals surface area contributed by atoms with Crippen molar-refractivity contribution in [2.45, 2.75) is 64.8 Å². The van der Waals surface area contributed by atoms with Gasteiger partial charge in [-0.3, -0.25) is 4.79 Å². The molecular weight excluding hydrogens is 272 g/mol. The molecule has 1 amide bonds. The number of rotatable bonds is 4. The van der Waals surface area contributed by atoms with Gasteiger partial charge in [-0.1, -0.05) is 13.8 Å².